The fourth-order valence-corrected chi connectivity index (χ4v) is 5.41. The molecule has 3 N–H and O–H groups in total. The number of nitrogens with one attached hydrogen (secondary N) is 2. The number of aryl methyl sites for hydroxylation is 2. The Balaban J connectivity index is 1.69. The number of hydrogen-bond acceptors (Lipinski definition) is 5. The van der Waals surface area contributed by atoms with Crippen molar-refractivity contribution in [3.8, 4) is 0 Å². The van der Waals surface area contributed by atoms with Gasteiger partial charge in [0.25, 0.3) is 5.91 Å². The fraction of sp³-hybridized carbons (Fsp3) is 0.472. The number of rotatable bonds is 18. The first-order valence-corrected chi connectivity index (χ1v) is 15.8. The van der Waals surface area contributed by atoms with Crippen molar-refractivity contribution in [1.82, 2.24) is 20.4 Å². The standard InChI is InChI=1S/C36H50F2N4O2/c1-6-27-10-9-11-29(18-27)24-39-25-35(43)34(22-30-20-32(37)23-33(38)21-30)40-36(44)31-17-26(4)16-28(19-31)12-13-41(5)14-15-42(7-2)8-3/h9-11,16-21,23,34-35,39,43H,6-8,12-15,22,24-25H2,1-5H3,(H,40,44)/t34-,35+/m0/s1. The van der Waals surface area contributed by atoms with E-state index in [-0.39, 0.29) is 18.9 Å². The van der Waals surface area contributed by atoms with Crippen molar-refractivity contribution in [3.63, 3.8) is 0 Å². The molecule has 0 aliphatic heterocycles. The van der Waals surface area contributed by atoms with Crippen LogP contribution in [0.1, 0.15) is 58.9 Å². The molecular formula is C36H50F2N4O2. The second-order valence-electron chi connectivity index (χ2n) is 11.7. The lowest BCUT2D eigenvalue weighted by atomic mass is 9.99. The molecule has 0 aromatic heterocycles. The van der Waals surface area contributed by atoms with Gasteiger partial charge in [0.1, 0.15) is 11.6 Å². The van der Waals surface area contributed by atoms with Crippen molar-refractivity contribution in [2.45, 2.75) is 65.6 Å². The maximum atomic E-state index is 14.0. The molecule has 0 fully saturated rings. The number of carbonyl (C=O) groups is 1. The molecule has 0 heterocycles. The van der Waals surface area contributed by atoms with Crippen LogP contribution >= 0.6 is 0 Å². The third-order valence-corrected chi connectivity index (χ3v) is 8.12. The molecule has 0 bridgehead atoms. The SMILES string of the molecule is CCc1cccc(CNC[C@@H](O)[C@H](Cc2cc(F)cc(F)c2)NC(=O)c2cc(C)cc(CCN(C)CCN(CC)CC)c2)c1. The van der Waals surface area contributed by atoms with E-state index in [0.29, 0.717) is 17.7 Å². The smallest absolute Gasteiger partial charge is 0.251 e. The van der Waals surface area contributed by atoms with Crippen molar-refractivity contribution in [3.05, 3.63) is 106 Å². The number of carbonyl (C=O) groups excluding carboxylic acids is 1. The number of nitrogens with zero attached hydrogens (tertiary/aromatic N) is 2. The zero-order valence-electron chi connectivity index (χ0n) is 27.0. The van der Waals surface area contributed by atoms with Crippen LogP contribution in [0.25, 0.3) is 0 Å². The van der Waals surface area contributed by atoms with Crippen LogP contribution in [-0.2, 0) is 25.8 Å². The van der Waals surface area contributed by atoms with E-state index in [1.165, 1.54) is 17.7 Å². The Kier molecular flexibility index (Phi) is 14.4. The van der Waals surface area contributed by atoms with Crippen molar-refractivity contribution in [2.24, 2.45) is 0 Å². The normalized spacial score (nSPS) is 13.0. The summed E-state index contributed by atoms with van der Waals surface area (Å²) in [6.07, 6.45) is 0.811. The Morgan fingerprint density at radius 2 is 1.57 bits per heavy atom. The first-order chi connectivity index (χ1) is 21.1. The molecule has 0 unspecified atom stereocenters. The molecule has 0 spiro atoms. The Bertz CT molecular complexity index is 1310. The molecule has 0 saturated carbocycles. The van der Waals surface area contributed by atoms with Crippen LogP contribution < -0.4 is 10.6 Å². The Hall–Kier alpha value is -3.17. The van der Waals surface area contributed by atoms with E-state index < -0.39 is 23.8 Å². The van der Waals surface area contributed by atoms with E-state index in [0.717, 1.165) is 68.3 Å². The Morgan fingerprint density at radius 1 is 0.864 bits per heavy atom. The number of halogens is 2. The summed E-state index contributed by atoms with van der Waals surface area (Å²) in [5.74, 6) is -1.72. The van der Waals surface area contributed by atoms with Crippen molar-refractivity contribution < 1.29 is 18.7 Å². The van der Waals surface area contributed by atoms with Crippen LogP contribution in [0.2, 0.25) is 0 Å². The summed E-state index contributed by atoms with van der Waals surface area (Å²) in [7, 11) is 2.11. The van der Waals surface area contributed by atoms with Crippen LogP contribution in [0.4, 0.5) is 8.78 Å². The van der Waals surface area contributed by atoms with Gasteiger partial charge >= 0.3 is 0 Å². The van der Waals surface area contributed by atoms with Gasteiger partial charge in [0.05, 0.1) is 12.1 Å². The van der Waals surface area contributed by atoms with Crippen LogP contribution in [0.15, 0.2) is 60.7 Å². The summed E-state index contributed by atoms with van der Waals surface area (Å²) >= 11 is 0. The van der Waals surface area contributed by atoms with Gasteiger partial charge in [-0.2, -0.15) is 0 Å². The quantitative estimate of drug-likeness (QED) is 0.187. The van der Waals surface area contributed by atoms with E-state index in [1.54, 1.807) is 0 Å². The number of likely N-dealkylation sites (N-methyl/N-ethyl adjacent to an activating group) is 2. The molecule has 1 amide bonds. The predicted molar refractivity (Wildman–Crippen MR) is 175 cm³/mol. The average Bonchev–Trinajstić information content (AvgIpc) is 2.99. The van der Waals surface area contributed by atoms with Crippen LogP contribution in [0.3, 0.4) is 0 Å². The molecule has 0 radical (unpaired) electrons. The van der Waals surface area contributed by atoms with Gasteiger partial charge < -0.3 is 25.5 Å². The molecular weight excluding hydrogens is 558 g/mol. The summed E-state index contributed by atoms with van der Waals surface area (Å²) < 4.78 is 28.0. The van der Waals surface area contributed by atoms with Crippen molar-refractivity contribution >= 4 is 5.91 Å². The molecule has 3 aromatic carbocycles. The summed E-state index contributed by atoms with van der Waals surface area (Å²) in [5.41, 5.74) is 5.21. The number of aliphatic hydroxyl groups is 1. The predicted octanol–water partition coefficient (Wildman–Crippen LogP) is 5.14. The number of benzene rings is 3. The topological polar surface area (TPSA) is 67.8 Å². The summed E-state index contributed by atoms with van der Waals surface area (Å²) in [4.78, 5) is 18.2. The first kappa shape index (κ1) is 35.3. The van der Waals surface area contributed by atoms with Crippen LogP contribution in [-0.4, -0.2) is 79.3 Å². The molecule has 0 saturated heterocycles. The molecule has 3 rings (SSSR count). The minimum atomic E-state index is -0.997. The van der Waals surface area contributed by atoms with Crippen LogP contribution in [0, 0.1) is 18.6 Å². The van der Waals surface area contributed by atoms with E-state index in [2.05, 4.69) is 66.5 Å². The van der Waals surface area contributed by atoms with E-state index in [4.69, 9.17) is 0 Å². The van der Waals surface area contributed by atoms with E-state index in [9.17, 15) is 18.7 Å². The summed E-state index contributed by atoms with van der Waals surface area (Å²) in [5, 5.41) is 17.4. The highest BCUT2D eigenvalue weighted by atomic mass is 19.1. The maximum absolute atomic E-state index is 14.0. The minimum Gasteiger partial charge on any atom is -0.390 e. The maximum Gasteiger partial charge on any atom is 0.251 e. The number of aliphatic hydroxyl groups excluding tert-OH is 1. The number of amides is 1. The van der Waals surface area contributed by atoms with Gasteiger partial charge in [-0.1, -0.05) is 56.7 Å². The summed E-state index contributed by atoms with van der Waals surface area (Å²) in [6.45, 7) is 14.1. The second-order valence-corrected chi connectivity index (χ2v) is 11.7. The Morgan fingerprint density at radius 3 is 2.25 bits per heavy atom. The van der Waals surface area contributed by atoms with Gasteiger partial charge in [0.2, 0.25) is 0 Å². The van der Waals surface area contributed by atoms with E-state index in [1.807, 2.05) is 31.2 Å². The Labute approximate surface area is 262 Å². The monoisotopic (exact) mass is 608 g/mol. The average molecular weight is 609 g/mol. The van der Waals surface area contributed by atoms with Crippen molar-refractivity contribution in [2.75, 3.05) is 46.3 Å². The lowest BCUT2D eigenvalue weighted by Gasteiger charge is -2.25. The molecule has 8 heteroatoms. The fourth-order valence-electron chi connectivity index (χ4n) is 5.41. The lowest BCUT2D eigenvalue weighted by Crippen LogP contribution is -2.48. The van der Waals surface area contributed by atoms with Gasteiger partial charge in [0.15, 0.2) is 0 Å². The summed E-state index contributed by atoms with van der Waals surface area (Å²) in [6, 6.07) is 16.5. The van der Waals surface area contributed by atoms with Gasteiger partial charge in [-0.3, -0.25) is 4.79 Å². The molecule has 0 aliphatic carbocycles. The highest BCUT2D eigenvalue weighted by Crippen LogP contribution is 2.15. The lowest BCUT2D eigenvalue weighted by molar-refractivity contribution is 0.0829. The third kappa shape index (κ3) is 11.7. The van der Waals surface area contributed by atoms with Gasteiger partial charge in [-0.05, 0) is 92.8 Å². The zero-order chi connectivity index (χ0) is 32.1. The molecule has 44 heavy (non-hydrogen) atoms. The molecule has 3 aromatic rings. The zero-order valence-corrected chi connectivity index (χ0v) is 27.0. The minimum absolute atomic E-state index is 0.0740. The molecule has 2 atom stereocenters. The second kappa shape index (κ2) is 18.0. The largest absolute Gasteiger partial charge is 0.390 e. The highest BCUT2D eigenvalue weighted by Gasteiger charge is 2.23. The highest BCUT2D eigenvalue weighted by molar-refractivity contribution is 5.94. The van der Waals surface area contributed by atoms with E-state index >= 15 is 0 Å². The molecule has 240 valence electrons. The van der Waals surface area contributed by atoms with Gasteiger partial charge in [0, 0.05) is 44.4 Å². The first-order valence-electron chi connectivity index (χ1n) is 15.8. The number of hydrogen-bond donors (Lipinski definition) is 3. The van der Waals surface area contributed by atoms with Crippen molar-refractivity contribution in [1.29, 1.82) is 0 Å². The van der Waals surface area contributed by atoms with Gasteiger partial charge in [-0.25, -0.2) is 8.78 Å². The van der Waals surface area contributed by atoms with Crippen LogP contribution in [0.5, 0.6) is 0 Å². The molecule has 0 aliphatic rings. The third-order valence-electron chi connectivity index (χ3n) is 8.12. The molecule has 6 nitrogen and oxygen atoms in total. The van der Waals surface area contributed by atoms with Gasteiger partial charge in [-0.15, -0.1) is 0 Å².